The monoisotopic (exact) mass is 259 g/mol. The highest BCUT2D eigenvalue weighted by Crippen LogP contribution is 2.29. The summed E-state index contributed by atoms with van der Waals surface area (Å²) in [6.07, 6.45) is 0. The molecule has 0 fully saturated rings. The van der Waals surface area contributed by atoms with Crippen LogP contribution in [0.2, 0.25) is 0 Å². The second-order valence-electron chi connectivity index (χ2n) is 3.44. The highest BCUT2D eigenvalue weighted by molar-refractivity contribution is 7.79. The summed E-state index contributed by atoms with van der Waals surface area (Å²) in [5, 5.41) is 0. The maximum Gasteiger partial charge on any atom is 0.161 e. The third-order valence-electron chi connectivity index (χ3n) is 2.24. The molecule has 0 heterocycles. The average Bonchev–Trinajstić information content (AvgIpc) is 2.28. The minimum atomic E-state index is -1.91. The van der Waals surface area contributed by atoms with E-state index in [1.165, 1.54) is 0 Å². The SMILES string of the molecule is CCOc1cc(C(N)CS(=O)O)ccc1OC. The Hall–Kier alpha value is -1.11. The van der Waals surface area contributed by atoms with Crippen molar-refractivity contribution in [3.8, 4) is 11.5 Å². The summed E-state index contributed by atoms with van der Waals surface area (Å²) in [6, 6.07) is 4.74. The quantitative estimate of drug-likeness (QED) is 0.753. The van der Waals surface area contributed by atoms with E-state index in [-0.39, 0.29) is 5.75 Å². The van der Waals surface area contributed by atoms with Gasteiger partial charge in [-0.25, -0.2) is 4.21 Å². The van der Waals surface area contributed by atoms with Gasteiger partial charge in [-0.2, -0.15) is 0 Å². The Morgan fingerprint density at radius 2 is 2.18 bits per heavy atom. The highest BCUT2D eigenvalue weighted by Gasteiger charge is 2.12. The minimum Gasteiger partial charge on any atom is -0.493 e. The zero-order valence-electron chi connectivity index (χ0n) is 9.88. The molecule has 0 amide bonds. The predicted molar refractivity (Wildman–Crippen MR) is 66.7 cm³/mol. The molecule has 0 aromatic heterocycles. The van der Waals surface area contributed by atoms with Gasteiger partial charge in [-0.15, -0.1) is 0 Å². The van der Waals surface area contributed by atoms with Crippen LogP contribution in [0.5, 0.6) is 11.5 Å². The molecule has 0 aliphatic heterocycles. The smallest absolute Gasteiger partial charge is 0.161 e. The Morgan fingerprint density at radius 1 is 1.47 bits per heavy atom. The van der Waals surface area contributed by atoms with Crippen molar-refractivity contribution >= 4 is 11.1 Å². The Morgan fingerprint density at radius 3 is 2.71 bits per heavy atom. The van der Waals surface area contributed by atoms with Gasteiger partial charge in [0, 0.05) is 6.04 Å². The van der Waals surface area contributed by atoms with E-state index in [0.717, 1.165) is 5.56 Å². The molecule has 2 unspecified atom stereocenters. The van der Waals surface area contributed by atoms with Crippen LogP contribution in [0.3, 0.4) is 0 Å². The van der Waals surface area contributed by atoms with Gasteiger partial charge in [0.25, 0.3) is 0 Å². The molecule has 0 saturated carbocycles. The standard InChI is InChI=1S/C11H17NO4S/c1-3-16-11-6-8(4-5-10(11)15-2)9(12)7-17(13)14/h4-6,9H,3,7,12H2,1-2H3,(H,13,14). The van der Waals surface area contributed by atoms with Crippen LogP contribution < -0.4 is 15.2 Å². The zero-order valence-corrected chi connectivity index (χ0v) is 10.7. The van der Waals surface area contributed by atoms with Crippen molar-refractivity contribution in [1.82, 2.24) is 0 Å². The number of methoxy groups -OCH3 is 1. The topological polar surface area (TPSA) is 81.8 Å². The van der Waals surface area contributed by atoms with Gasteiger partial charge < -0.3 is 19.8 Å². The number of rotatable bonds is 6. The van der Waals surface area contributed by atoms with Crippen LogP contribution in [0.25, 0.3) is 0 Å². The molecule has 3 N–H and O–H groups in total. The molecule has 96 valence electrons. The third kappa shape index (κ3) is 3.99. The first kappa shape index (κ1) is 14.0. The molecule has 0 aliphatic carbocycles. The van der Waals surface area contributed by atoms with E-state index in [1.54, 1.807) is 25.3 Å². The summed E-state index contributed by atoms with van der Waals surface area (Å²) in [7, 11) is 1.56. The Bertz CT molecular complexity index is 397. The second kappa shape index (κ2) is 6.58. The van der Waals surface area contributed by atoms with Crippen LogP contribution in [0.1, 0.15) is 18.5 Å². The molecular weight excluding hydrogens is 242 g/mol. The number of ether oxygens (including phenoxy) is 2. The molecule has 1 aromatic rings. The molecule has 0 radical (unpaired) electrons. The number of benzene rings is 1. The number of hydrogen-bond acceptors (Lipinski definition) is 4. The van der Waals surface area contributed by atoms with Crippen molar-refractivity contribution in [2.45, 2.75) is 13.0 Å². The van der Waals surface area contributed by atoms with Crippen LogP contribution in [-0.4, -0.2) is 28.2 Å². The van der Waals surface area contributed by atoms with Gasteiger partial charge in [-0.05, 0) is 24.6 Å². The maximum atomic E-state index is 10.7. The van der Waals surface area contributed by atoms with Gasteiger partial charge in [0.2, 0.25) is 0 Å². The van der Waals surface area contributed by atoms with E-state index in [9.17, 15) is 4.21 Å². The van der Waals surface area contributed by atoms with Crippen molar-refractivity contribution in [3.05, 3.63) is 23.8 Å². The minimum absolute atomic E-state index is 0.00209. The van der Waals surface area contributed by atoms with E-state index in [0.29, 0.717) is 18.1 Å². The van der Waals surface area contributed by atoms with E-state index in [2.05, 4.69) is 0 Å². The molecule has 0 saturated heterocycles. The van der Waals surface area contributed by atoms with E-state index >= 15 is 0 Å². The van der Waals surface area contributed by atoms with Crippen molar-refractivity contribution in [2.24, 2.45) is 5.73 Å². The lowest BCUT2D eigenvalue weighted by Crippen LogP contribution is -2.18. The lowest BCUT2D eigenvalue weighted by Gasteiger charge is -2.14. The lowest BCUT2D eigenvalue weighted by molar-refractivity contribution is 0.310. The summed E-state index contributed by atoms with van der Waals surface area (Å²) in [4.78, 5) is 0. The summed E-state index contributed by atoms with van der Waals surface area (Å²) in [6.45, 7) is 2.38. The molecule has 5 nitrogen and oxygen atoms in total. The van der Waals surface area contributed by atoms with Gasteiger partial charge >= 0.3 is 0 Å². The molecular formula is C11H17NO4S. The maximum absolute atomic E-state index is 10.7. The van der Waals surface area contributed by atoms with E-state index < -0.39 is 17.1 Å². The van der Waals surface area contributed by atoms with Gasteiger partial charge in [0.15, 0.2) is 22.6 Å². The van der Waals surface area contributed by atoms with Gasteiger partial charge in [-0.3, -0.25) is 0 Å². The summed E-state index contributed by atoms with van der Waals surface area (Å²) in [5.74, 6) is 1.21. The molecule has 1 rings (SSSR count). The van der Waals surface area contributed by atoms with Crippen LogP contribution in [0.15, 0.2) is 18.2 Å². The fourth-order valence-electron chi connectivity index (χ4n) is 1.44. The normalized spacial score (nSPS) is 14.1. The summed E-state index contributed by atoms with van der Waals surface area (Å²) in [5.41, 5.74) is 6.55. The Labute approximate surface area is 103 Å². The molecule has 2 atom stereocenters. The van der Waals surface area contributed by atoms with E-state index in [4.69, 9.17) is 19.8 Å². The van der Waals surface area contributed by atoms with Crippen LogP contribution in [0.4, 0.5) is 0 Å². The third-order valence-corrected chi connectivity index (χ3v) is 2.88. The fourth-order valence-corrected chi connectivity index (χ4v) is 1.94. The van der Waals surface area contributed by atoms with Gasteiger partial charge in [0.1, 0.15) is 0 Å². The number of nitrogens with two attached hydrogens (primary N) is 1. The van der Waals surface area contributed by atoms with Gasteiger partial charge in [-0.1, -0.05) is 6.07 Å². The Kier molecular flexibility index (Phi) is 5.40. The van der Waals surface area contributed by atoms with E-state index in [1.807, 2.05) is 6.92 Å². The largest absolute Gasteiger partial charge is 0.493 e. The Balaban J connectivity index is 2.94. The van der Waals surface area contributed by atoms with Crippen LogP contribution in [-0.2, 0) is 11.1 Å². The van der Waals surface area contributed by atoms with Crippen molar-refractivity contribution in [3.63, 3.8) is 0 Å². The predicted octanol–water partition coefficient (Wildman–Crippen LogP) is 1.32. The molecule has 17 heavy (non-hydrogen) atoms. The molecule has 0 bridgehead atoms. The zero-order chi connectivity index (χ0) is 12.8. The molecule has 0 spiro atoms. The molecule has 0 aliphatic rings. The first-order chi connectivity index (χ1) is 8.08. The first-order valence-corrected chi connectivity index (χ1v) is 6.49. The molecule has 6 heteroatoms. The van der Waals surface area contributed by atoms with Gasteiger partial charge in [0.05, 0.1) is 19.5 Å². The van der Waals surface area contributed by atoms with Crippen molar-refractivity contribution < 1.29 is 18.2 Å². The van der Waals surface area contributed by atoms with Crippen LogP contribution >= 0.6 is 0 Å². The summed E-state index contributed by atoms with van der Waals surface area (Å²) >= 11 is -1.91. The highest BCUT2D eigenvalue weighted by atomic mass is 32.2. The fraction of sp³-hybridized carbons (Fsp3) is 0.455. The summed E-state index contributed by atoms with van der Waals surface area (Å²) < 4.78 is 30.0. The second-order valence-corrected chi connectivity index (χ2v) is 4.41. The van der Waals surface area contributed by atoms with Crippen molar-refractivity contribution in [1.29, 1.82) is 0 Å². The lowest BCUT2D eigenvalue weighted by atomic mass is 10.1. The average molecular weight is 259 g/mol. The molecule has 1 aromatic carbocycles. The first-order valence-electron chi connectivity index (χ1n) is 5.22. The number of hydrogen-bond donors (Lipinski definition) is 2. The van der Waals surface area contributed by atoms with Crippen LogP contribution in [0, 0.1) is 0 Å². The van der Waals surface area contributed by atoms with Crippen molar-refractivity contribution in [2.75, 3.05) is 19.5 Å².